The summed E-state index contributed by atoms with van der Waals surface area (Å²) in [5.41, 5.74) is 0.166. The lowest BCUT2D eigenvalue weighted by molar-refractivity contribution is -0.133. The summed E-state index contributed by atoms with van der Waals surface area (Å²) in [6.07, 6.45) is 1.07. The number of hydrogen-bond donors (Lipinski definition) is 1. The summed E-state index contributed by atoms with van der Waals surface area (Å²) < 4.78 is 0. The Bertz CT molecular complexity index is 311. The van der Waals surface area contributed by atoms with Gasteiger partial charge in [-0.05, 0) is 33.9 Å². The highest BCUT2D eigenvalue weighted by atomic mass is 16.2. The first-order valence-corrected chi connectivity index (χ1v) is 7.41. The van der Waals surface area contributed by atoms with Gasteiger partial charge in [-0.3, -0.25) is 14.6 Å². The van der Waals surface area contributed by atoms with Crippen molar-refractivity contribution in [2.75, 3.05) is 59.4 Å². The zero-order valence-corrected chi connectivity index (χ0v) is 12.6. The van der Waals surface area contributed by atoms with Crippen molar-refractivity contribution in [3.05, 3.63) is 0 Å². The normalized spacial score (nSPS) is 26.2. The second-order valence-electron chi connectivity index (χ2n) is 6.43. The second-order valence-corrected chi connectivity index (χ2v) is 6.43. The minimum absolute atomic E-state index is 0.166. The van der Waals surface area contributed by atoms with Crippen molar-refractivity contribution in [1.82, 2.24) is 20.0 Å². The van der Waals surface area contributed by atoms with Crippen molar-refractivity contribution in [3.8, 4) is 0 Å². The molecule has 2 aliphatic heterocycles. The molecule has 2 heterocycles. The van der Waals surface area contributed by atoms with E-state index in [-0.39, 0.29) is 5.54 Å². The fourth-order valence-corrected chi connectivity index (χ4v) is 2.86. The Balaban J connectivity index is 1.85. The molecule has 2 rings (SSSR count). The maximum atomic E-state index is 12.4. The predicted molar refractivity (Wildman–Crippen MR) is 77.2 cm³/mol. The Morgan fingerprint density at radius 1 is 1.16 bits per heavy atom. The van der Waals surface area contributed by atoms with E-state index in [4.69, 9.17) is 0 Å². The van der Waals surface area contributed by atoms with Gasteiger partial charge in [0, 0.05) is 44.8 Å². The van der Waals surface area contributed by atoms with Crippen LogP contribution in [0.25, 0.3) is 0 Å². The van der Waals surface area contributed by atoms with Crippen molar-refractivity contribution in [2.45, 2.75) is 25.8 Å². The quantitative estimate of drug-likeness (QED) is 0.755. The number of hydrogen-bond acceptors (Lipinski definition) is 4. The molecule has 1 amide bonds. The first-order valence-electron chi connectivity index (χ1n) is 7.41. The van der Waals surface area contributed by atoms with Crippen LogP contribution in [0.3, 0.4) is 0 Å². The molecule has 2 aliphatic rings. The molecular weight excluding hydrogens is 240 g/mol. The van der Waals surface area contributed by atoms with Gasteiger partial charge in [-0.1, -0.05) is 0 Å². The van der Waals surface area contributed by atoms with Crippen molar-refractivity contribution in [1.29, 1.82) is 0 Å². The van der Waals surface area contributed by atoms with E-state index in [1.807, 2.05) is 4.90 Å². The lowest BCUT2D eigenvalue weighted by Crippen LogP contribution is -2.59. The second kappa shape index (κ2) is 6.20. The molecule has 0 radical (unpaired) electrons. The monoisotopic (exact) mass is 268 g/mol. The van der Waals surface area contributed by atoms with Crippen molar-refractivity contribution >= 4 is 5.91 Å². The topological polar surface area (TPSA) is 38.8 Å². The molecule has 0 aliphatic carbocycles. The first-order chi connectivity index (χ1) is 8.99. The minimum Gasteiger partial charge on any atom is -0.340 e. The van der Waals surface area contributed by atoms with Crippen LogP contribution in [-0.2, 0) is 4.79 Å². The Morgan fingerprint density at radius 2 is 1.95 bits per heavy atom. The summed E-state index contributed by atoms with van der Waals surface area (Å²) in [5, 5.41) is 3.34. The van der Waals surface area contributed by atoms with Gasteiger partial charge in [0.1, 0.15) is 0 Å². The lowest BCUT2D eigenvalue weighted by atomic mass is 10.00. The van der Waals surface area contributed by atoms with E-state index in [1.54, 1.807) is 0 Å². The summed E-state index contributed by atoms with van der Waals surface area (Å²) in [6, 6.07) is 0. The number of rotatable bonds is 2. The molecular formula is C14H28N4O. The van der Waals surface area contributed by atoms with E-state index in [1.165, 1.54) is 0 Å². The molecule has 0 spiro atoms. The summed E-state index contributed by atoms with van der Waals surface area (Å²) in [4.78, 5) is 19.1. The van der Waals surface area contributed by atoms with E-state index >= 15 is 0 Å². The van der Waals surface area contributed by atoms with Gasteiger partial charge >= 0.3 is 0 Å². The molecule has 0 aromatic heterocycles. The number of nitrogens with zero attached hydrogens (tertiary/aromatic N) is 3. The molecule has 19 heavy (non-hydrogen) atoms. The third-order valence-electron chi connectivity index (χ3n) is 4.45. The molecule has 110 valence electrons. The van der Waals surface area contributed by atoms with Crippen molar-refractivity contribution in [2.24, 2.45) is 0 Å². The van der Waals surface area contributed by atoms with Crippen LogP contribution in [0.5, 0.6) is 0 Å². The van der Waals surface area contributed by atoms with Gasteiger partial charge in [-0.25, -0.2) is 0 Å². The highest BCUT2D eigenvalue weighted by molar-refractivity contribution is 5.78. The number of piperazine rings is 1. The standard InChI is InChI=1S/C14H28N4O/c1-14(2)12-17(10-9-16(14)3)11-13(19)18-7-4-5-15-6-8-18/h15H,4-12H2,1-3H3. The molecule has 0 unspecified atom stereocenters. The summed E-state index contributed by atoms with van der Waals surface area (Å²) >= 11 is 0. The molecule has 1 N–H and O–H groups in total. The van der Waals surface area contributed by atoms with Crippen LogP contribution in [0.15, 0.2) is 0 Å². The Hall–Kier alpha value is -0.650. The number of amides is 1. The smallest absolute Gasteiger partial charge is 0.236 e. The van der Waals surface area contributed by atoms with Gasteiger partial charge in [0.25, 0.3) is 0 Å². The fourth-order valence-electron chi connectivity index (χ4n) is 2.86. The van der Waals surface area contributed by atoms with Crippen LogP contribution < -0.4 is 5.32 Å². The predicted octanol–water partition coefficient (Wildman–Crippen LogP) is -0.166. The van der Waals surface area contributed by atoms with Crippen LogP contribution >= 0.6 is 0 Å². The average molecular weight is 268 g/mol. The fraction of sp³-hybridized carbons (Fsp3) is 0.929. The maximum absolute atomic E-state index is 12.4. The number of carbonyl (C=O) groups is 1. The van der Waals surface area contributed by atoms with E-state index < -0.39 is 0 Å². The zero-order valence-electron chi connectivity index (χ0n) is 12.6. The van der Waals surface area contributed by atoms with Crippen LogP contribution in [-0.4, -0.2) is 85.6 Å². The molecule has 5 nitrogen and oxygen atoms in total. The Kier molecular flexibility index (Phi) is 4.81. The average Bonchev–Trinajstić information content (AvgIpc) is 2.62. The van der Waals surface area contributed by atoms with Gasteiger partial charge in [0.15, 0.2) is 0 Å². The molecule has 2 saturated heterocycles. The van der Waals surface area contributed by atoms with Crippen LogP contribution in [0.1, 0.15) is 20.3 Å². The molecule has 0 saturated carbocycles. The van der Waals surface area contributed by atoms with Gasteiger partial charge in [-0.2, -0.15) is 0 Å². The molecule has 0 bridgehead atoms. The summed E-state index contributed by atoms with van der Waals surface area (Å²) in [5.74, 6) is 0.295. The largest absolute Gasteiger partial charge is 0.340 e. The van der Waals surface area contributed by atoms with Gasteiger partial charge in [0.05, 0.1) is 6.54 Å². The molecule has 2 fully saturated rings. The van der Waals surface area contributed by atoms with Crippen LogP contribution in [0.2, 0.25) is 0 Å². The minimum atomic E-state index is 0.166. The Labute approximate surface area is 116 Å². The number of carbonyl (C=O) groups excluding carboxylic acids is 1. The van der Waals surface area contributed by atoms with E-state index in [9.17, 15) is 4.79 Å². The number of nitrogens with one attached hydrogen (secondary N) is 1. The van der Waals surface area contributed by atoms with Crippen molar-refractivity contribution in [3.63, 3.8) is 0 Å². The van der Waals surface area contributed by atoms with E-state index in [2.05, 4.69) is 36.0 Å². The highest BCUT2D eigenvalue weighted by Crippen LogP contribution is 2.18. The van der Waals surface area contributed by atoms with Gasteiger partial charge in [0.2, 0.25) is 5.91 Å². The summed E-state index contributed by atoms with van der Waals surface area (Å²) in [7, 11) is 2.17. The molecule has 0 aromatic rings. The molecule has 0 atom stereocenters. The highest BCUT2D eigenvalue weighted by Gasteiger charge is 2.32. The maximum Gasteiger partial charge on any atom is 0.236 e. The van der Waals surface area contributed by atoms with E-state index in [0.29, 0.717) is 12.5 Å². The zero-order chi connectivity index (χ0) is 13.9. The van der Waals surface area contributed by atoms with Gasteiger partial charge in [-0.15, -0.1) is 0 Å². The third-order valence-corrected chi connectivity index (χ3v) is 4.45. The number of likely N-dealkylation sites (N-methyl/N-ethyl adjacent to an activating group) is 1. The van der Waals surface area contributed by atoms with Crippen LogP contribution in [0, 0.1) is 0 Å². The SMILES string of the molecule is CN1CCN(CC(=O)N2CCCNCC2)CC1(C)C. The van der Waals surface area contributed by atoms with Crippen molar-refractivity contribution < 1.29 is 4.79 Å². The van der Waals surface area contributed by atoms with Crippen LogP contribution in [0.4, 0.5) is 0 Å². The molecule has 5 heteroatoms. The third kappa shape index (κ3) is 3.91. The first kappa shape index (κ1) is 14.8. The summed E-state index contributed by atoms with van der Waals surface area (Å²) in [6.45, 7) is 11.8. The lowest BCUT2D eigenvalue weighted by Gasteiger charge is -2.45. The van der Waals surface area contributed by atoms with E-state index in [0.717, 1.165) is 52.2 Å². The Morgan fingerprint density at radius 3 is 2.68 bits per heavy atom. The van der Waals surface area contributed by atoms with Gasteiger partial charge < -0.3 is 10.2 Å². The molecule has 0 aromatic carbocycles.